The van der Waals surface area contributed by atoms with Crippen molar-refractivity contribution < 1.29 is 14.3 Å². The number of carbonyl (C=O) groups is 2. The van der Waals surface area contributed by atoms with Crippen molar-refractivity contribution >= 4 is 52.2 Å². The third kappa shape index (κ3) is 6.68. The Morgan fingerprint density at radius 3 is 2.33 bits per heavy atom. The number of rotatable bonds is 10. The number of anilines is 1. The number of fused-ring (bicyclic) bond motifs is 1. The van der Waals surface area contributed by atoms with E-state index in [0.29, 0.717) is 5.75 Å². The van der Waals surface area contributed by atoms with Crippen LogP contribution in [0.15, 0.2) is 95.7 Å². The third-order valence-corrected chi connectivity index (χ3v) is 6.78. The molecule has 0 spiro atoms. The molecule has 0 aromatic heterocycles. The van der Waals surface area contributed by atoms with Gasteiger partial charge in [0.15, 0.2) is 0 Å². The fourth-order valence-corrected chi connectivity index (χ4v) is 4.55. The van der Waals surface area contributed by atoms with Gasteiger partial charge in [-0.05, 0) is 66.6 Å². The van der Waals surface area contributed by atoms with Crippen LogP contribution in [-0.4, -0.2) is 38.2 Å². The maximum absolute atomic E-state index is 13.3. The molecule has 0 radical (unpaired) electrons. The Bertz CT molecular complexity index is 1560. The van der Waals surface area contributed by atoms with E-state index in [-0.39, 0.29) is 16.3 Å². The van der Waals surface area contributed by atoms with Crippen molar-refractivity contribution in [1.82, 2.24) is 10.7 Å². The van der Waals surface area contributed by atoms with E-state index in [1.165, 1.54) is 6.21 Å². The number of amides is 2. The van der Waals surface area contributed by atoms with Crippen LogP contribution in [0.5, 0.6) is 5.75 Å². The summed E-state index contributed by atoms with van der Waals surface area (Å²) in [6.45, 7) is 5.95. The fourth-order valence-electron chi connectivity index (χ4n) is 4.33. The summed E-state index contributed by atoms with van der Waals surface area (Å²) < 4.78 is 5.50. The largest absolute Gasteiger partial charge is 0.496 e. The molecule has 0 saturated carbocycles. The molecule has 4 rings (SSSR count). The minimum Gasteiger partial charge on any atom is -0.496 e. The molecule has 0 saturated heterocycles. The summed E-state index contributed by atoms with van der Waals surface area (Å²) in [4.78, 5) is 28.6. The maximum Gasteiger partial charge on any atom is 0.287 e. The monoisotopic (exact) mass is 554 g/mol. The molecule has 2 N–H and O–H groups in total. The average molecular weight is 555 g/mol. The van der Waals surface area contributed by atoms with Crippen molar-refractivity contribution in [2.24, 2.45) is 5.10 Å². The first kappa shape index (κ1) is 28.4. The Morgan fingerprint density at radius 2 is 1.62 bits per heavy atom. The van der Waals surface area contributed by atoms with Gasteiger partial charge in [-0.1, -0.05) is 66.2 Å². The zero-order chi connectivity index (χ0) is 28.5. The second kappa shape index (κ2) is 13.4. The van der Waals surface area contributed by atoms with E-state index in [9.17, 15) is 9.59 Å². The summed E-state index contributed by atoms with van der Waals surface area (Å²) in [7, 11) is 1.58. The van der Waals surface area contributed by atoms with Crippen molar-refractivity contribution in [2.45, 2.75) is 13.8 Å². The van der Waals surface area contributed by atoms with Gasteiger partial charge in [0.25, 0.3) is 11.8 Å². The second-order valence-corrected chi connectivity index (χ2v) is 9.26. The van der Waals surface area contributed by atoms with Gasteiger partial charge in [-0.15, -0.1) is 0 Å². The van der Waals surface area contributed by atoms with Gasteiger partial charge in [0.2, 0.25) is 0 Å². The smallest absolute Gasteiger partial charge is 0.287 e. The molecule has 4 aromatic carbocycles. The molecule has 0 bridgehead atoms. The van der Waals surface area contributed by atoms with E-state index in [1.807, 2.05) is 60.7 Å². The molecule has 0 aliphatic rings. The van der Waals surface area contributed by atoms with E-state index in [4.69, 9.17) is 16.3 Å². The molecule has 204 valence electrons. The van der Waals surface area contributed by atoms with E-state index in [2.05, 4.69) is 34.6 Å². The SMILES string of the molecule is CCN(CC)c1ccc(/C=C(/NC(=O)c2ccccc2Cl)C(=O)N/N=C/c2c(OC)ccc3ccccc23)cc1. The summed E-state index contributed by atoms with van der Waals surface area (Å²) in [5, 5.41) is 9.11. The molecule has 0 unspecified atom stereocenters. The molecule has 4 aromatic rings. The number of ether oxygens (including phenoxy) is 1. The fraction of sp³-hybridized carbons (Fsp3) is 0.156. The molecule has 0 heterocycles. The minimum atomic E-state index is -0.594. The highest BCUT2D eigenvalue weighted by Crippen LogP contribution is 2.26. The normalized spacial score (nSPS) is 11.4. The van der Waals surface area contributed by atoms with Crippen LogP contribution in [0, 0.1) is 0 Å². The summed E-state index contributed by atoms with van der Waals surface area (Å²) in [6, 6.07) is 26.0. The van der Waals surface area contributed by atoms with Crippen LogP contribution >= 0.6 is 11.6 Å². The Hall–Kier alpha value is -4.62. The van der Waals surface area contributed by atoms with Crippen LogP contribution in [-0.2, 0) is 4.79 Å². The standard InChI is InChI=1S/C32H31ClN4O3/c1-4-37(5-2)24-17-14-22(15-18-24)20-29(35-31(38)26-12-8-9-13-28(26)33)32(39)36-34-21-27-25-11-7-6-10-23(25)16-19-30(27)40-3/h6-21H,4-5H2,1-3H3,(H,35,38)(H,36,39)/b29-20+,34-21+. The number of nitrogens with zero attached hydrogens (tertiary/aromatic N) is 2. The highest BCUT2D eigenvalue weighted by atomic mass is 35.5. The van der Waals surface area contributed by atoms with E-state index < -0.39 is 11.8 Å². The third-order valence-electron chi connectivity index (χ3n) is 6.45. The van der Waals surface area contributed by atoms with E-state index >= 15 is 0 Å². The number of halogens is 1. The highest BCUT2D eigenvalue weighted by Gasteiger charge is 2.17. The number of carbonyl (C=O) groups excluding carboxylic acids is 2. The topological polar surface area (TPSA) is 83.0 Å². The highest BCUT2D eigenvalue weighted by molar-refractivity contribution is 6.34. The van der Waals surface area contributed by atoms with Crippen molar-refractivity contribution in [3.63, 3.8) is 0 Å². The number of hydrazone groups is 1. The Morgan fingerprint density at radius 1 is 0.925 bits per heavy atom. The van der Waals surface area contributed by atoms with Crippen LogP contribution in [0.1, 0.15) is 35.3 Å². The number of hydrogen-bond donors (Lipinski definition) is 2. The molecule has 2 amide bonds. The lowest BCUT2D eigenvalue weighted by Crippen LogP contribution is -2.33. The summed E-state index contributed by atoms with van der Waals surface area (Å²) in [5.74, 6) is -0.483. The zero-order valence-corrected chi connectivity index (χ0v) is 23.4. The molecule has 0 fully saturated rings. The first-order valence-corrected chi connectivity index (χ1v) is 13.3. The number of methoxy groups -OCH3 is 1. The van der Waals surface area contributed by atoms with Crippen LogP contribution < -0.4 is 20.4 Å². The van der Waals surface area contributed by atoms with Gasteiger partial charge in [-0.3, -0.25) is 9.59 Å². The summed E-state index contributed by atoms with van der Waals surface area (Å²) in [6.07, 6.45) is 3.13. The van der Waals surface area contributed by atoms with Crippen molar-refractivity contribution in [3.8, 4) is 5.75 Å². The van der Waals surface area contributed by atoms with Crippen LogP contribution in [0.25, 0.3) is 16.8 Å². The van der Waals surface area contributed by atoms with Crippen molar-refractivity contribution in [3.05, 3.63) is 112 Å². The van der Waals surface area contributed by atoms with Crippen LogP contribution in [0.3, 0.4) is 0 Å². The molecule has 0 aliphatic heterocycles. The van der Waals surface area contributed by atoms with Crippen molar-refractivity contribution in [2.75, 3.05) is 25.1 Å². The summed E-state index contributed by atoms with van der Waals surface area (Å²) >= 11 is 6.22. The first-order valence-electron chi connectivity index (χ1n) is 13.0. The van der Waals surface area contributed by atoms with Gasteiger partial charge in [0, 0.05) is 24.3 Å². The van der Waals surface area contributed by atoms with Gasteiger partial charge >= 0.3 is 0 Å². The van der Waals surface area contributed by atoms with Crippen molar-refractivity contribution in [1.29, 1.82) is 0 Å². The lowest BCUT2D eigenvalue weighted by molar-refractivity contribution is -0.117. The molecular formula is C32H31ClN4O3. The van der Waals surface area contributed by atoms with Crippen LogP contribution in [0.2, 0.25) is 5.02 Å². The molecular weight excluding hydrogens is 524 g/mol. The van der Waals surface area contributed by atoms with E-state index in [1.54, 1.807) is 37.5 Å². The number of benzene rings is 4. The predicted molar refractivity (Wildman–Crippen MR) is 163 cm³/mol. The second-order valence-electron chi connectivity index (χ2n) is 8.86. The van der Waals surface area contributed by atoms with Gasteiger partial charge < -0.3 is 15.0 Å². The van der Waals surface area contributed by atoms with Gasteiger partial charge in [-0.2, -0.15) is 5.10 Å². The minimum absolute atomic E-state index is 0.0162. The van der Waals surface area contributed by atoms with Crippen LogP contribution in [0.4, 0.5) is 5.69 Å². The van der Waals surface area contributed by atoms with Gasteiger partial charge in [-0.25, -0.2) is 5.43 Å². The lowest BCUT2D eigenvalue weighted by Gasteiger charge is -2.21. The number of hydrogen-bond acceptors (Lipinski definition) is 5. The molecule has 8 heteroatoms. The number of nitrogens with one attached hydrogen (secondary N) is 2. The van der Waals surface area contributed by atoms with Gasteiger partial charge in [0.1, 0.15) is 11.4 Å². The quantitative estimate of drug-likeness (QED) is 0.137. The zero-order valence-electron chi connectivity index (χ0n) is 22.6. The molecule has 40 heavy (non-hydrogen) atoms. The molecule has 7 nitrogen and oxygen atoms in total. The average Bonchev–Trinajstić information content (AvgIpc) is 2.98. The Labute approximate surface area is 239 Å². The Balaban J connectivity index is 1.62. The predicted octanol–water partition coefficient (Wildman–Crippen LogP) is 6.27. The molecule has 0 atom stereocenters. The maximum atomic E-state index is 13.3. The molecule has 0 aliphatic carbocycles. The van der Waals surface area contributed by atoms with E-state index in [0.717, 1.165) is 40.7 Å². The Kier molecular flexibility index (Phi) is 9.54. The summed E-state index contributed by atoms with van der Waals surface area (Å²) in [5.41, 5.74) is 5.34. The first-order chi connectivity index (χ1) is 19.4. The van der Waals surface area contributed by atoms with Gasteiger partial charge in [0.05, 0.1) is 23.9 Å². The lowest BCUT2D eigenvalue weighted by atomic mass is 10.0.